The predicted molar refractivity (Wildman–Crippen MR) is 49.7 cm³/mol. The van der Waals surface area contributed by atoms with Crippen molar-refractivity contribution >= 4 is 7.82 Å². The highest BCUT2D eigenvalue weighted by Crippen LogP contribution is 2.36. The molecule has 84 valence electrons. The molecular formula is C7H16NO5P. The van der Waals surface area contributed by atoms with Gasteiger partial charge in [0, 0.05) is 12.6 Å². The summed E-state index contributed by atoms with van der Waals surface area (Å²) in [4.78, 5) is 19.0. The molecule has 1 aliphatic rings. The minimum absolute atomic E-state index is 0.0229. The number of phosphoric ester groups is 1. The number of β-amino-alcohol motifs (C(OH)–C–C–N with tert-alkyl or cyclic N) is 1. The van der Waals surface area contributed by atoms with E-state index < -0.39 is 7.82 Å². The molecule has 1 fully saturated rings. The highest BCUT2D eigenvalue weighted by molar-refractivity contribution is 7.46. The van der Waals surface area contributed by atoms with Crippen LogP contribution in [0.1, 0.15) is 12.8 Å². The summed E-state index contributed by atoms with van der Waals surface area (Å²) in [7, 11) is -4.35. The maximum atomic E-state index is 10.5. The SMILES string of the molecule is O=P(O)(O)OCC1CCCN1CCO. The Hall–Kier alpha value is 0.0300. The highest BCUT2D eigenvalue weighted by Gasteiger charge is 2.26. The average molecular weight is 225 g/mol. The van der Waals surface area contributed by atoms with Gasteiger partial charge in [0.25, 0.3) is 0 Å². The smallest absolute Gasteiger partial charge is 0.395 e. The number of aliphatic hydroxyl groups excluding tert-OH is 1. The molecular weight excluding hydrogens is 209 g/mol. The summed E-state index contributed by atoms with van der Waals surface area (Å²) in [5.41, 5.74) is 0. The lowest BCUT2D eigenvalue weighted by Crippen LogP contribution is -2.34. The van der Waals surface area contributed by atoms with Crippen molar-refractivity contribution in [2.75, 3.05) is 26.3 Å². The zero-order valence-electron chi connectivity index (χ0n) is 7.87. The zero-order valence-corrected chi connectivity index (χ0v) is 8.77. The second kappa shape index (κ2) is 5.21. The molecule has 1 aliphatic heterocycles. The molecule has 0 spiro atoms. The average Bonchev–Trinajstić information content (AvgIpc) is 2.48. The van der Waals surface area contributed by atoms with Crippen molar-refractivity contribution in [3.63, 3.8) is 0 Å². The van der Waals surface area contributed by atoms with Gasteiger partial charge in [0.15, 0.2) is 0 Å². The fourth-order valence-electron chi connectivity index (χ4n) is 1.69. The molecule has 1 saturated heterocycles. The highest BCUT2D eigenvalue weighted by atomic mass is 31.2. The second-order valence-corrected chi connectivity index (χ2v) is 4.58. The summed E-state index contributed by atoms with van der Waals surface area (Å²) in [5, 5.41) is 8.74. The molecule has 14 heavy (non-hydrogen) atoms. The fourth-order valence-corrected chi connectivity index (χ4v) is 2.06. The molecule has 0 amide bonds. The first-order valence-corrected chi connectivity index (χ1v) is 6.11. The minimum Gasteiger partial charge on any atom is -0.395 e. The molecule has 1 heterocycles. The van der Waals surface area contributed by atoms with Crippen LogP contribution in [0.4, 0.5) is 0 Å². The minimum atomic E-state index is -4.35. The quantitative estimate of drug-likeness (QED) is 0.549. The molecule has 7 heteroatoms. The van der Waals surface area contributed by atoms with Crippen LogP contribution in [0.25, 0.3) is 0 Å². The Balaban J connectivity index is 2.32. The van der Waals surface area contributed by atoms with Gasteiger partial charge in [-0.15, -0.1) is 0 Å². The van der Waals surface area contributed by atoms with Crippen LogP contribution in [0.15, 0.2) is 0 Å². The van der Waals surface area contributed by atoms with Gasteiger partial charge in [0.05, 0.1) is 13.2 Å². The van der Waals surface area contributed by atoms with E-state index in [0.717, 1.165) is 19.4 Å². The Morgan fingerprint density at radius 2 is 2.21 bits per heavy atom. The number of hydrogen-bond donors (Lipinski definition) is 3. The van der Waals surface area contributed by atoms with Crippen LogP contribution >= 0.6 is 7.82 Å². The van der Waals surface area contributed by atoms with E-state index in [1.54, 1.807) is 0 Å². The number of rotatable bonds is 5. The number of nitrogens with zero attached hydrogens (tertiary/aromatic N) is 1. The van der Waals surface area contributed by atoms with Crippen molar-refractivity contribution in [1.82, 2.24) is 4.90 Å². The van der Waals surface area contributed by atoms with E-state index >= 15 is 0 Å². The Kier molecular flexibility index (Phi) is 4.50. The van der Waals surface area contributed by atoms with E-state index in [4.69, 9.17) is 14.9 Å². The Morgan fingerprint density at radius 3 is 2.79 bits per heavy atom. The van der Waals surface area contributed by atoms with Crippen molar-refractivity contribution < 1.29 is 24.0 Å². The van der Waals surface area contributed by atoms with Gasteiger partial charge in [0.1, 0.15) is 0 Å². The van der Waals surface area contributed by atoms with Gasteiger partial charge >= 0.3 is 7.82 Å². The molecule has 0 aromatic rings. The first-order chi connectivity index (χ1) is 6.53. The third-order valence-electron chi connectivity index (χ3n) is 2.32. The first kappa shape index (κ1) is 12.1. The monoisotopic (exact) mass is 225 g/mol. The van der Waals surface area contributed by atoms with Crippen molar-refractivity contribution in [2.45, 2.75) is 18.9 Å². The molecule has 1 unspecified atom stereocenters. The van der Waals surface area contributed by atoms with Crippen molar-refractivity contribution in [1.29, 1.82) is 0 Å². The molecule has 0 saturated carbocycles. The lowest BCUT2D eigenvalue weighted by Gasteiger charge is -2.23. The second-order valence-electron chi connectivity index (χ2n) is 3.34. The standard InChI is InChI=1S/C7H16NO5P/c9-5-4-8-3-1-2-7(8)6-13-14(10,11)12/h7,9H,1-6H2,(H2,10,11,12). The van der Waals surface area contributed by atoms with Crippen molar-refractivity contribution in [3.05, 3.63) is 0 Å². The summed E-state index contributed by atoms with van der Waals surface area (Å²) < 4.78 is 14.9. The van der Waals surface area contributed by atoms with Gasteiger partial charge in [-0.1, -0.05) is 0 Å². The third kappa shape index (κ3) is 4.04. The van der Waals surface area contributed by atoms with Gasteiger partial charge in [0.2, 0.25) is 0 Å². The van der Waals surface area contributed by atoms with E-state index in [2.05, 4.69) is 4.52 Å². The normalized spacial score (nSPS) is 24.4. The van der Waals surface area contributed by atoms with Crippen molar-refractivity contribution in [2.24, 2.45) is 0 Å². The number of likely N-dealkylation sites (tertiary alicyclic amines) is 1. The maximum Gasteiger partial charge on any atom is 0.469 e. The Bertz CT molecular complexity index is 218. The molecule has 6 nitrogen and oxygen atoms in total. The van der Waals surface area contributed by atoms with Crippen LogP contribution in [0.3, 0.4) is 0 Å². The molecule has 0 aromatic heterocycles. The molecule has 0 bridgehead atoms. The zero-order chi connectivity index (χ0) is 10.6. The van der Waals surface area contributed by atoms with Gasteiger partial charge < -0.3 is 14.9 Å². The molecule has 0 aromatic carbocycles. The van der Waals surface area contributed by atoms with Crippen molar-refractivity contribution in [3.8, 4) is 0 Å². The lowest BCUT2D eigenvalue weighted by molar-refractivity contribution is 0.120. The van der Waals surface area contributed by atoms with Crippen LogP contribution in [-0.2, 0) is 9.09 Å². The number of phosphoric acid groups is 1. The summed E-state index contributed by atoms with van der Waals surface area (Å²) in [6.07, 6.45) is 1.84. The number of hydrogen-bond acceptors (Lipinski definition) is 4. The predicted octanol–water partition coefficient (Wildman–Crippen LogP) is -0.448. The lowest BCUT2D eigenvalue weighted by atomic mass is 10.2. The summed E-state index contributed by atoms with van der Waals surface area (Å²) >= 11 is 0. The van der Waals surface area contributed by atoms with Crippen LogP contribution in [-0.4, -0.2) is 52.1 Å². The summed E-state index contributed by atoms with van der Waals surface area (Å²) in [5.74, 6) is 0. The number of aliphatic hydroxyl groups is 1. The first-order valence-electron chi connectivity index (χ1n) is 4.58. The summed E-state index contributed by atoms with van der Waals surface area (Å²) in [6.45, 7) is 1.49. The van der Waals surface area contributed by atoms with Gasteiger partial charge in [-0.25, -0.2) is 4.57 Å². The maximum absolute atomic E-state index is 10.5. The topological polar surface area (TPSA) is 90.2 Å². The Morgan fingerprint density at radius 1 is 1.50 bits per heavy atom. The van der Waals surface area contributed by atoms with Crippen LogP contribution in [0.5, 0.6) is 0 Å². The van der Waals surface area contributed by atoms with Gasteiger partial charge in [-0.2, -0.15) is 0 Å². The van der Waals surface area contributed by atoms with E-state index in [0.29, 0.717) is 6.54 Å². The largest absolute Gasteiger partial charge is 0.469 e. The van der Waals surface area contributed by atoms with Gasteiger partial charge in [-0.3, -0.25) is 9.42 Å². The van der Waals surface area contributed by atoms with E-state index in [1.165, 1.54) is 0 Å². The van der Waals surface area contributed by atoms with Crippen LogP contribution in [0, 0.1) is 0 Å². The van der Waals surface area contributed by atoms with E-state index in [1.807, 2.05) is 4.90 Å². The Labute approximate surface area is 82.7 Å². The third-order valence-corrected chi connectivity index (χ3v) is 2.81. The molecule has 1 atom stereocenters. The summed E-state index contributed by atoms with van der Waals surface area (Å²) in [6, 6.07) is 0.0229. The molecule has 1 rings (SSSR count). The van der Waals surface area contributed by atoms with Crippen LogP contribution in [0.2, 0.25) is 0 Å². The molecule has 0 aliphatic carbocycles. The van der Waals surface area contributed by atoms with E-state index in [9.17, 15) is 4.57 Å². The molecule has 0 radical (unpaired) electrons. The fraction of sp³-hybridized carbons (Fsp3) is 1.00. The molecule has 3 N–H and O–H groups in total. The van der Waals surface area contributed by atoms with Crippen LogP contribution < -0.4 is 0 Å². The van der Waals surface area contributed by atoms with Gasteiger partial charge in [-0.05, 0) is 19.4 Å². The van der Waals surface area contributed by atoms with E-state index in [-0.39, 0.29) is 19.3 Å².